The minimum Gasteiger partial charge on any atom is -0.465 e. The number of piperazine rings is 1. The summed E-state index contributed by atoms with van der Waals surface area (Å²) in [6.45, 7) is 6.98. The number of H-pyrrole nitrogens is 1. The first kappa shape index (κ1) is 19.7. The number of ether oxygens (including phenoxy) is 1. The van der Waals surface area contributed by atoms with Crippen molar-refractivity contribution in [1.29, 1.82) is 0 Å². The molecule has 1 fully saturated rings. The molecule has 3 aromatic rings. The molecule has 0 radical (unpaired) electrons. The van der Waals surface area contributed by atoms with Crippen molar-refractivity contribution < 1.29 is 9.53 Å². The van der Waals surface area contributed by atoms with E-state index in [9.17, 15) is 9.59 Å². The molecule has 4 heterocycles. The molecular weight excluding hydrogens is 390 g/mol. The third-order valence-electron chi connectivity index (χ3n) is 5.21. The highest BCUT2D eigenvalue weighted by atomic mass is 32.1. The quantitative estimate of drug-likeness (QED) is 0.638. The summed E-state index contributed by atoms with van der Waals surface area (Å²) >= 11 is 1.21. The Hall–Kier alpha value is -2.62. The Morgan fingerprint density at radius 1 is 1.17 bits per heavy atom. The van der Waals surface area contributed by atoms with E-state index in [1.54, 1.807) is 6.92 Å². The number of nitrogens with zero attached hydrogens (tertiary/aromatic N) is 4. The molecule has 8 nitrogen and oxygen atoms in total. The zero-order valence-electron chi connectivity index (χ0n) is 16.5. The summed E-state index contributed by atoms with van der Waals surface area (Å²) < 4.78 is 4.81. The van der Waals surface area contributed by atoms with Gasteiger partial charge in [0.25, 0.3) is 5.56 Å². The lowest BCUT2D eigenvalue weighted by Gasteiger charge is -2.34. The molecule has 0 bridgehead atoms. The van der Waals surface area contributed by atoms with Crippen LogP contribution in [0.2, 0.25) is 0 Å². The lowest BCUT2D eigenvalue weighted by atomic mass is 10.2. The van der Waals surface area contributed by atoms with Crippen LogP contribution in [0, 0.1) is 6.92 Å². The lowest BCUT2D eigenvalue weighted by Crippen LogP contribution is -2.45. The summed E-state index contributed by atoms with van der Waals surface area (Å²) in [5.41, 5.74) is 1.69. The van der Waals surface area contributed by atoms with E-state index in [1.165, 1.54) is 24.0 Å². The molecule has 4 rings (SSSR count). The first-order valence-electron chi connectivity index (χ1n) is 9.49. The summed E-state index contributed by atoms with van der Waals surface area (Å²) in [6.07, 6.45) is 3.64. The van der Waals surface area contributed by atoms with E-state index in [1.807, 2.05) is 24.5 Å². The molecule has 0 amide bonds. The Morgan fingerprint density at radius 2 is 1.83 bits per heavy atom. The number of rotatable bonds is 5. The van der Waals surface area contributed by atoms with Crippen molar-refractivity contribution in [2.45, 2.75) is 20.0 Å². The van der Waals surface area contributed by atoms with Crippen LogP contribution in [-0.2, 0) is 17.8 Å². The standard InChI is InChI=1S/C20H23N5O3S/c1-13-16-18(26)22-15(23-19(16)29-17(13)20(27)28-2)12-25-9-7-24(8-10-25)11-14-3-5-21-6-4-14/h3-6H,7-12H2,1-2H3,(H,22,23,26). The molecule has 3 aromatic heterocycles. The van der Waals surface area contributed by atoms with Crippen molar-refractivity contribution in [2.24, 2.45) is 0 Å². The normalized spacial score (nSPS) is 15.7. The molecule has 0 saturated carbocycles. The summed E-state index contributed by atoms with van der Waals surface area (Å²) in [6, 6.07) is 4.09. The second kappa shape index (κ2) is 8.40. The predicted octanol–water partition coefficient (Wildman–Crippen LogP) is 1.79. The molecule has 1 aliphatic rings. The van der Waals surface area contributed by atoms with E-state index in [0.717, 1.165) is 32.7 Å². The largest absolute Gasteiger partial charge is 0.465 e. The number of thiophene rings is 1. The average molecular weight is 414 g/mol. The SMILES string of the molecule is COC(=O)c1sc2nc(CN3CCN(Cc4ccncc4)CC3)[nH]c(=O)c2c1C. The van der Waals surface area contributed by atoms with Crippen molar-refractivity contribution in [3.05, 3.63) is 56.7 Å². The van der Waals surface area contributed by atoms with Crippen LogP contribution in [0.5, 0.6) is 0 Å². The van der Waals surface area contributed by atoms with E-state index in [0.29, 0.717) is 33.0 Å². The van der Waals surface area contributed by atoms with Crippen LogP contribution in [0.3, 0.4) is 0 Å². The number of aromatic nitrogens is 3. The number of pyridine rings is 1. The Bertz CT molecular complexity index is 1070. The van der Waals surface area contributed by atoms with Crippen LogP contribution in [0.25, 0.3) is 10.2 Å². The van der Waals surface area contributed by atoms with Gasteiger partial charge in [0.15, 0.2) is 0 Å². The van der Waals surface area contributed by atoms with Gasteiger partial charge in [0.1, 0.15) is 15.5 Å². The van der Waals surface area contributed by atoms with Crippen LogP contribution < -0.4 is 5.56 Å². The fourth-order valence-electron chi connectivity index (χ4n) is 3.61. The van der Waals surface area contributed by atoms with Gasteiger partial charge in [-0.25, -0.2) is 9.78 Å². The molecule has 0 aliphatic carbocycles. The summed E-state index contributed by atoms with van der Waals surface area (Å²) in [7, 11) is 1.34. The van der Waals surface area contributed by atoms with Gasteiger partial charge in [0.05, 0.1) is 19.0 Å². The molecule has 1 saturated heterocycles. The van der Waals surface area contributed by atoms with Crippen LogP contribution in [0.15, 0.2) is 29.3 Å². The van der Waals surface area contributed by atoms with Crippen LogP contribution in [0.4, 0.5) is 0 Å². The van der Waals surface area contributed by atoms with Gasteiger partial charge in [-0.05, 0) is 30.2 Å². The monoisotopic (exact) mass is 413 g/mol. The number of aryl methyl sites for hydroxylation is 1. The van der Waals surface area contributed by atoms with E-state index >= 15 is 0 Å². The molecular formula is C20H23N5O3S. The topological polar surface area (TPSA) is 91.4 Å². The van der Waals surface area contributed by atoms with Gasteiger partial charge in [0, 0.05) is 45.1 Å². The maximum Gasteiger partial charge on any atom is 0.348 e. The van der Waals surface area contributed by atoms with E-state index in [4.69, 9.17) is 4.74 Å². The maximum atomic E-state index is 12.6. The number of carbonyl (C=O) groups excluding carboxylic acids is 1. The van der Waals surface area contributed by atoms with Crippen molar-refractivity contribution in [3.63, 3.8) is 0 Å². The van der Waals surface area contributed by atoms with Gasteiger partial charge in [-0.15, -0.1) is 11.3 Å². The number of nitrogens with one attached hydrogen (secondary N) is 1. The number of fused-ring (bicyclic) bond motifs is 1. The van der Waals surface area contributed by atoms with E-state index in [2.05, 4.69) is 24.8 Å². The number of carbonyl (C=O) groups is 1. The Morgan fingerprint density at radius 3 is 2.48 bits per heavy atom. The van der Waals surface area contributed by atoms with Gasteiger partial charge < -0.3 is 9.72 Å². The third kappa shape index (κ3) is 4.21. The number of methoxy groups -OCH3 is 1. The zero-order valence-corrected chi connectivity index (χ0v) is 17.3. The highest BCUT2D eigenvalue weighted by Crippen LogP contribution is 2.27. The highest BCUT2D eigenvalue weighted by Gasteiger charge is 2.21. The minimum atomic E-state index is -0.434. The van der Waals surface area contributed by atoms with Crippen LogP contribution >= 0.6 is 11.3 Å². The van der Waals surface area contributed by atoms with Crippen LogP contribution in [0.1, 0.15) is 26.6 Å². The number of hydrogen-bond donors (Lipinski definition) is 1. The first-order chi connectivity index (χ1) is 14.0. The smallest absolute Gasteiger partial charge is 0.348 e. The van der Waals surface area contributed by atoms with Gasteiger partial charge in [-0.2, -0.15) is 0 Å². The second-order valence-electron chi connectivity index (χ2n) is 7.15. The summed E-state index contributed by atoms with van der Waals surface area (Å²) in [4.78, 5) is 41.7. The van der Waals surface area contributed by atoms with Gasteiger partial charge in [-0.1, -0.05) is 0 Å². The molecule has 152 valence electrons. The summed E-state index contributed by atoms with van der Waals surface area (Å²) in [5.74, 6) is 0.194. The first-order valence-corrected chi connectivity index (χ1v) is 10.3. The van der Waals surface area contributed by atoms with E-state index in [-0.39, 0.29) is 5.56 Å². The van der Waals surface area contributed by atoms with Crippen molar-refractivity contribution in [2.75, 3.05) is 33.3 Å². The van der Waals surface area contributed by atoms with E-state index < -0.39 is 5.97 Å². The maximum absolute atomic E-state index is 12.6. The fraction of sp³-hybridized carbons (Fsp3) is 0.400. The zero-order chi connectivity index (χ0) is 20.4. The highest BCUT2D eigenvalue weighted by molar-refractivity contribution is 7.20. The fourth-order valence-corrected chi connectivity index (χ4v) is 4.73. The molecule has 9 heteroatoms. The molecule has 0 spiro atoms. The molecule has 1 N–H and O–H groups in total. The minimum absolute atomic E-state index is 0.203. The van der Waals surface area contributed by atoms with Gasteiger partial charge >= 0.3 is 5.97 Å². The molecule has 0 unspecified atom stereocenters. The molecule has 29 heavy (non-hydrogen) atoms. The molecule has 0 atom stereocenters. The Labute approximate surface area is 172 Å². The number of esters is 1. The van der Waals surface area contributed by atoms with Crippen molar-refractivity contribution >= 4 is 27.5 Å². The Kier molecular flexibility index (Phi) is 5.70. The average Bonchev–Trinajstić information content (AvgIpc) is 3.06. The van der Waals surface area contributed by atoms with Crippen molar-refractivity contribution in [1.82, 2.24) is 24.8 Å². The second-order valence-corrected chi connectivity index (χ2v) is 8.15. The summed E-state index contributed by atoms with van der Waals surface area (Å²) in [5, 5.41) is 0.473. The number of aromatic amines is 1. The van der Waals surface area contributed by atoms with Crippen LogP contribution in [-0.4, -0.2) is 64.0 Å². The Balaban J connectivity index is 1.43. The van der Waals surface area contributed by atoms with Gasteiger partial charge in [0.2, 0.25) is 0 Å². The molecule has 0 aromatic carbocycles. The lowest BCUT2D eigenvalue weighted by molar-refractivity contribution is 0.0605. The number of hydrogen-bond acceptors (Lipinski definition) is 8. The predicted molar refractivity (Wildman–Crippen MR) is 111 cm³/mol. The third-order valence-corrected chi connectivity index (χ3v) is 6.38. The van der Waals surface area contributed by atoms with Crippen molar-refractivity contribution in [3.8, 4) is 0 Å². The van der Waals surface area contributed by atoms with Gasteiger partial charge in [-0.3, -0.25) is 19.6 Å². The molecule has 1 aliphatic heterocycles.